The summed E-state index contributed by atoms with van der Waals surface area (Å²) in [6.07, 6.45) is 2.20. The maximum absolute atomic E-state index is 12.3. The fourth-order valence-electron chi connectivity index (χ4n) is 2.57. The van der Waals surface area contributed by atoms with Crippen LogP contribution in [0.2, 0.25) is 0 Å². The summed E-state index contributed by atoms with van der Waals surface area (Å²) in [5.74, 6) is -0.313. The van der Waals surface area contributed by atoms with Crippen molar-refractivity contribution >= 4 is 17.8 Å². The Kier molecular flexibility index (Phi) is 3.51. The molecular weight excluding hydrogens is 280 g/mol. The van der Waals surface area contributed by atoms with E-state index < -0.39 is 5.97 Å². The zero-order valence-electron chi connectivity index (χ0n) is 12.0. The first-order valence-corrected chi connectivity index (χ1v) is 6.84. The van der Waals surface area contributed by atoms with Gasteiger partial charge in [-0.2, -0.15) is 0 Å². The van der Waals surface area contributed by atoms with E-state index in [1.807, 2.05) is 0 Å². The lowest BCUT2D eigenvalue weighted by Crippen LogP contribution is -2.00. The molecule has 0 bridgehead atoms. The van der Waals surface area contributed by atoms with Crippen molar-refractivity contribution in [3.8, 4) is 5.75 Å². The minimum atomic E-state index is -0.395. The molecule has 0 amide bonds. The largest absolute Gasteiger partial charge is 0.508 e. The van der Waals surface area contributed by atoms with Gasteiger partial charge in [0.25, 0.3) is 0 Å². The molecule has 4 nitrogen and oxygen atoms in total. The minimum absolute atomic E-state index is 0.0667. The van der Waals surface area contributed by atoms with Crippen LogP contribution in [-0.2, 0) is 11.2 Å². The van der Waals surface area contributed by atoms with Crippen molar-refractivity contribution in [1.82, 2.24) is 0 Å². The molecule has 0 radical (unpaired) electrons. The Balaban J connectivity index is 1.90. The van der Waals surface area contributed by atoms with Gasteiger partial charge in [-0.05, 0) is 29.8 Å². The van der Waals surface area contributed by atoms with Crippen molar-refractivity contribution in [2.45, 2.75) is 6.42 Å². The van der Waals surface area contributed by atoms with Crippen LogP contribution >= 0.6 is 0 Å². The van der Waals surface area contributed by atoms with Crippen molar-refractivity contribution in [3.05, 3.63) is 70.3 Å². The molecule has 2 aromatic carbocycles. The predicted molar refractivity (Wildman–Crippen MR) is 81.9 cm³/mol. The Morgan fingerprint density at radius 1 is 1.18 bits per heavy atom. The summed E-state index contributed by atoms with van der Waals surface area (Å²) >= 11 is 0. The van der Waals surface area contributed by atoms with Crippen LogP contribution in [-0.4, -0.2) is 24.0 Å². The van der Waals surface area contributed by atoms with Crippen LogP contribution in [0.1, 0.15) is 31.8 Å². The van der Waals surface area contributed by atoms with Crippen LogP contribution in [0.5, 0.6) is 5.75 Å². The van der Waals surface area contributed by atoms with Gasteiger partial charge >= 0.3 is 5.97 Å². The summed E-state index contributed by atoms with van der Waals surface area (Å²) in [6, 6.07) is 11.8. The van der Waals surface area contributed by atoms with Crippen LogP contribution in [0.3, 0.4) is 0 Å². The van der Waals surface area contributed by atoms with Crippen LogP contribution in [0.4, 0.5) is 0 Å². The Labute approximate surface area is 127 Å². The highest BCUT2D eigenvalue weighted by Crippen LogP contribution is 2.33. The fraction of sp³-hybridized carbons (Fsp3) is 0.111. The zero-order valence-corrected chi connectivity index (χ0v) is 12.0. The Hall–Kier alpha value is -2.88. The highest BCUT2D eigenvalue weighted by molar-refractivity contribution is 6.16. The molecule has 1 N–H and O–H groups in total. The van der Waals surface area contributed by atoms with E-state index in [-0.39, 0.29) is 11.5 Å². The van der Waals surface area contributed by atoms with Gasteiger partial charge in [-0.15, -0.1) is 0 Å². The number of allylic oxidation sites excluding steroid dienone is 1. The summed E-state index contributed by atoms with van der Waals surface area (Å²) < 4.78 is 4.65. The molecule has 1 aliphatic rings. The molecule has 0 fully saturated rings. The highest BCUT2D eigenvalue weighted by atomic mass is 16.5. The van der Waals surface area contributed by atoms with E-state index >= 15 is 0 Å². The Morgan fingerprint density at radius 3 is 2.55 bits per heavy atom. The lowest BCUT2D eigenvalue weighted by molar-refractivity contribution is 0.0600. The molecule has 0 spiro atoms. The van der Waals surface area contributed by atoms with E-state index in [4.69, 9.17) is 0 Å². The molecule has 0 saturated carbocycles. The van der Waals surface area contributed by atoms with Gasteiger partial charge in [-0.3, -0.25) is 4.79 Å². The smallest absolute Gasteiger partial charge is 0.337 e. The average molecular weight is 294 g/mol. The number of carbonyl (C=O) groups excluding carboxylic acids is 2. The Morgan fingerprint density at radius 2 is 1.91 bits per heavy atom. The molecule has 2 aromatic rings. The third kappa shape index (κ3) is 2.39. The molecule has 0 atom stereocenters. The second-order valence-corrected chi connectivity index (χ2v) is 5.09. The van der Waals surface area contributed by atoms with Crippen LogP contribution in [0, 0.1) is 0 Å². The van der Waals surface area contributed by atoms with Crippen molar-refractivity contribution in [2.24, 2.45) is 0 Å². The number of phenols is 1. The summed E-state index contributed by atoms with van der Waals surface area (Å²) in [5, 5.41) is 9.83. The maximum atomic E-state index is 12.3. The third-order valence-electron chi connectivity index (χ3n) is 3.73. The molecule has 3 rings (SSSR count). The number of Topliss-reactive ketones (excluding diaryl/α,β-unsaturated/α-hetero) is 1. The molecule has 0 aromatic heterocycles. The van der Waals surface area contributed by atoms with E-state index in [1.165, 1.54) is 7.11 Å². The number of esters is 1. The van der Waals surface area contributed by atoms with Gasteiger partial charge < -0.3 is 9.84 Å². The van der Waals surface area contributed by atoms with Crippen LogP contribution in [0.25, 0.3) is 6.08 Å². The van der Waals surface area contributed by atoms with Gasteiger partial charge in [0.15, 0.2) is 5.78 Å². The first-order chi connectivity index (χ1) is 10.6. The van der Waals surface area contributed by atoms with E-state index in [1.54, 1.807) is 48.5 Å². The number of aromatic hydroxyl groups is 1. The predicted octanol–water partition coefficient (Wildman–Crippen LogP) is 3.00. The normalized spacial score (nSPS) is 15.0. The van der Waals surface area contributed by atoms with Gasteiger partial charge in [0.1, 0.15) is 5.75 Å². The van der Waals surface area contributed by atoms with Crippen LogP contribution < -0.4 is 0 Å². The topological polar surface area (TPSA) is 63.6 Å². The molecule has 0 saturated heterocycles. The first kappa shape index (κ1) is 14.1. The number of ketones is 1. The second-order valence-electron chi connectivity index (χ2n) is 5.09. The molecule has 0 aliphatic heterocycles. The second kappa shape index (κ2) is 5.48. The average Bonchev–Trinajstić information content (AvgIpc) is 2.85. The first-order valence-electron chi connectivity index (χ1n) is 6.84. The van der Waals surface area contributed by atoms with Crippen molar-refractivity contribution in [2.75, 3.05) is 7.11 Å². The van der Waals surface area contributed by atoms with Gasteiger partial charge in [0, 0.05) is 23.1 Å². The van der Waals surface area contributed by atoms with E-state index in [0.29, 0.717) is 28.7 Å². The molecule has 1 aliphatic carbocycles. The zero-order chi connectivity index (χ0) is 15.7. The standard InChI is InChI=1S/C18H14O4/c1-22-18(21)12-7-5-11(6-8-12)9-13-10-15-14(17(13)20)3-2-4-16(15)19/h2-9,19H,10H2,1H3/b13-9-. The van der Waals surface area contributed by atoms with Crippen LogP contribution in [0.15, 0.2) is 48.0 Å². The minimum Gasteiger partial charge on any atom is -0.508 e. The third-order valence-corrected chi connectivity index (χ3v) is 3.73. The Bertz CT molecular complexity index is 785. The number of fused-ring (bicyclic) bond motifs is 1. The maximum Gasteiger partial charge on any atom is 0.337 e. The number of methoxy groups -OCH3 is 1. The van der Waals surface area contributed by atoms with Gasteiger partial charge in [-0.1, -0.05) is 24.3 Å². The number of benzene rings is 2. The molecule has 110 valence electrons. The lowest BCUT2D eigenvalue weighted by Gasteiger charge is -2.00. The monoisotopic (exact) mass is 294 g/mol. The van der Waals surface area contributed by atoms with Gasteiger partial charge in [0.2, 0.25) is 0 Å². The molecular formula is C18H14O4. The highest BCUT2D eigenvalue weighted by Gasteiger charge is 2.26. The number of hydrogen-bond acceptors (Lipinski definition) is 4. The number of rotatable bonds is 2. The molecule has 4 heteroatoms. The number of hydrogen-bond donors (Lipinski definition) is 1. The van der Waals surface area contributed by atoms with E-state index in [2.05, 4.69) is 4.74 Å². The number of ether oxygens (including phenoxy) is 1. The lowest BCUT2D eigenvalue weighted by atomic mass is 10.1. The number of carbonyl (C=O) groups is 2. The van der Waals surface area contributed by atoms with Crippen molar-refractivity contribution in [1.29, 1.82) is 0 Å². The van der Waals surface area contributed by atoms with Gasteiger partial charge in [-0.25, -0.2) is 4.79 Å². The quantitative estimate of drug-likeness (QED) is 0.683. The van der Waals surface area contributed by atoms with E-state index in [9.17, 15) is 14.7 Å². The summed E-state index contributed by atoms with van der Waals surface area (Å²) in [5.41, 5.74) is 3.14. The molecule has 0 unspecified atom stereocenters. The van der Waals surface area contributed by atoms with Gasteiger partial charge in [0.05, 0.1) is 12.7 Å². The SMILES string of the molecule is COC(=O)c1ccc(/C=C2/Cc3c(O)cccc3C2=O)cc1. The number of phenolic OH excluding ortho intramolecular Hbond substituents is 1. The van der Waals surface area contributed by atoms with Crippen molar-refractivity contribution < 1.29 is 19.4 Å². The summed E-state index contributed by atoms with van der Waals surface area (Å²) in [6.45, 7) is 0. The van der Waals surface area contributed by atoms with Crippen molar-refractivity contribution in [3.63, 3.8) is 0 Å². The van der Waals surface area contributed by atoms with E-state index in [0.717, 1.165) is 5.56 Å². The summed E-state index contributed by atoms with van der Waals surface area (Å²) in [4.78, 5) is 23.7. The summed E-state index contributed by atoms with van der Waals surface area (Å²) in [7, 11) is 1.33. The molecule has 0 heterocycles. The fourth-order valence-corrected chi connectivity index (χ4v) is 2.57. The molecule has 22 heavy (non-hydrogen) atoms.